The van der Waals surface area contributed by atoms with Crippen LogP contribution in [0.2, 0.25) is 10.0 Å². The Morgan fingerprint density at radius 2 is 2.18 bits per heavy atom. The van der Waals surface area contributed by atoms with Gasteiger partial charge in [0.25, 0.3) is 0 Å². The molecule has 1 saturated heterocycles. The van der Waals surface area contributed by atoms with Gasteiger partial charge in [-0.05, 0) is 17.7 Å². The number of alkyl halides is 1. The Morgan fingerprint density at radius 1 is 1.35 bits per heavy atom. The molecule has 2 nitrogen and oxygen atoms in total. The minimum Gasteiger partial charge on any atom is -0.378 e. The van der Waals surface area contributed by atoms with E-state index in [1.807, 2.05) is 12.1 Å². The highest BCUT2D eigenvalue weighted by Gasteiger charge is 2.22. The van der Waals surface area contributed by atoms with E-state index in [0.29, 0.717) is 22.5 Å². The maximum atomic E-state index is 6.16. The molecule has 1 aliphatic heterocycles. The van der Waals surface area contributed by atoms with E-state index in [9.17, 15) is 0 Å². The number of hydrogen-bond donors (Lipinski definition) is 0. The van der Waals surface area contributed by atoms with Gasteiger partial charge in [-0.15, -0.1) is 11.6 Å². The Kier molecular flexibility index (Phi) is 4.95. The normalized spacial score (nSPS) is 21.7. The Bertz CT molecular complexity index is 386. The van der Waals surface area contributed by atoms with Crippen LogP contribution in [0.1, 0.15) is 5.56 Å². The first-order chi connectivity index (χ1) is 8.20. The molecule has 1 fully saturated rings. The predicted octanol–water partition coefficient (Wildman–Crippen LogP) is 3.43. The third-order valence-electron chi connectivity index (χ3n) is 2.92. The van der Waals surface area contributed by atoms with Crippen molar-refractivity contribution in [3.63, 3.8) is 0 Å². The number of hydrogen-bond acceptors (Lipinski definition) is 2. The van der Waals surface area contributed by atoms with Gasteiger partial charge in [-0.2, -0.15) is 0 Å². The molecule has 1 aromatic rings. The van der Waals surface area contributed by atoms with Crippen LogP contribution >= 0.6 is 34.8 Å². The van der Waals surface area contributed by atoms with Crippen LogP contribution in [0, 0.1) is 0 Å². The van der Waals surface area contributed by atoms with Crippen molar-refractivity contribution in [2.24, 2.45) is 0 Å². The van der Waals surface area contributed by atoms with E-state index in [-0.39, 0.29) is 6.04 Å². The highest BCUT2D eigenvalue weighted by Crippen LogP contribution is 2.23. The molecule has 1 atom stereocenters. The quantitative estimate of drug-likeness (QED) is 0.792. The van der Waals surface area contributed by atoms with Gasteiger partial charge in [0.15, 0.2) is 0 Å². The SMILES string of the molecule is ClCC1COCCN1Cc1ccc(Cl)cc1Cl. The highest BCUT2D eigenvalue weighted by molar-refractivity contribution is 6.35. The predicted molar refractivity (Wildman–Crippen MR) is 72.2 cm³/mol. The molecule has 17 heavy (non-hydrogen) atoms. The van der Waals surface area contributed by atoms with E-state index in [4.69, 9.17) is 39.5 Å². The summed E-state index contributed by atoms with van der Waals surface area (Å²) >= 11 is 18.0. The molecule has 0 aromatic heterocycles. The van der Waals surface area contributed by atoms with Gasteiger partial charge >= 0.3 is 0 Å². The van der Waals surface area contributed by atoms with Crippen LogP contribution in [-0.4, -0.2) is 36.6 Å². The maximum Gasteiger partial charge on any atom is 0.0634 e. The lowest BCUT2D eigenvalue weighted by Gasteiger charge is -2.34. The van der Waals surface area contributed by atoms with Crippen molar-refractivity contribution in [2.45, 2.75) is 12.6 Å². The smallest absolute Gasteiger partial charge is 0.0634 e. The Hall–Kier alpha value is 0.01000. The van der Waals surface area contributed by atoms with Crippen LogP contribution in [-0.2, 0) is 11.3 Å². The van der Waals surface area contributed by atoms with E-state index >= 15 is 0 Å². The van der Waals surface area contributed by atoms with Gasteiger partial charge in [0.1, 0.15) is 0 Å². The number of nitrogens with zero attached hydrogens (tertiary/aromatic N) is 1. The molecule has 0 aliphatic carbocycles. The molecular weight excluding hydrogens is 280 g/mol. The second-order valence-corrected chi connectivity index (χ2v) is 5.24. The summed E-state index contributed by atoms with van der Waals surface area (Å²) in [6, 6.07) is 5.86. The van der Waals surface area contributed by atoms with Crippen LogP contribution in [0.3, 0.4) is 0 Å². The van der Waals surface area contributed by atoms with Gasteiger partial charge in [-0.1, -0.05) is 29.3 Å². The molecule has 5 heteroatoms. The van der Waals surface area contributed by atoms with E-state index in [0.717, 1.165) is 25.3 Å². The fourth-order valence-corrected chi connectivity index (χ4v) is 2.66. The molecule has 2 rings (SSSR count). The zero-order valence-corrected chi connectivity index (χ0v) is 11.6. The minimum absolute atomic E-state index is 0.261. The number of ether oxygens (including phenoxy) is 1. The van der Waals surface area contributed by atoms with Crippen molar-refractivity contribution >= 4 is 34.8 Å². The first-order valence-electron chi connectivity index (χ1n) is 5.52. The van der Waals surface area contributed by atoms with Gasteiger partial charge in [0.05, 0.1) is 13.2 Å². The molecule has 1 heterocycles. The van der Waals surface area contributed by atoms with Crippen LogP contribution in [0.25, 0.3) is 0 Å². The lowest BCUT2D eigenvalue weighted by atomic mass is 10.1. The maximum absolute atomic E-state index is 6.16. The molecular formula is C12H14Cl3NO. The molecule has 1 aliphatic rings. The van der Waals surface area contributed by atoms with Crippen molar-refractivity contribution < 1.29 is 4.74 Å². The minimum atomic E-state index is 0.261. The van der Waals surface area contributed by atoms with Crippen molar-refractivity contribution in [3.05, 3.63) is 33.8 Å². The summed E-state index contributed by atoms with van der Waals surface area (Å²) in [5.74, 6) is 0.575. The molecule has 0 bridgehead atoms. The van der Waals surface area contributed by atoms with Gasteiger partial charge in [0.2, 0.25) is 0 Å². The van der Waals surface area contributed by atoms with E-state index in [2.05, 4.69) is 4.90 Å². The first-order valence-corrected chi connectivity index (χ1v) is 6.81. The molecule has 1 unspecified atom stereocenters. The second kappa shape index (κ2) is 6.26. The fraction of sp³-hybridized carbons (Fsp3) is 0.500. The average Bonchev–Trinajstić information content (AvgIpc) is 2.33. The fourth-order valence-electron chi connectivity index (χ4n) is 1.91. The largest absolute Gasteiger partial charge is 0.378 e. The molecule has 0 radical (unpaired) electrons. The standard InChI is InChI=1S/C12H14Cl3NO/c13-6-11-8-17-4-3-16(11)7-9-1-2-10(14)5-12(9)15/h1-2,5,11H,3-4,6-8H2. The second-order valence-electron chi connectivity index (χ2n) is 4.09. The molecule has 94 valence electrons. The summed E-state index contributed by atoms with van der Waals surface area (Å²) in [5.41, 5.74) is 1.08. The number of morpholine rings is 1. The third kappa shape index (κ3) is 3.49. The molecule has 0 amide bonds. The summed E-state index contributed by atoms with van der Waals surface area (Å²) in [6.45, 7) is 3.11. The summed E-state index contributed by atoms with van der Waals surface area (Å²) in [4.78, 5) is 2.30. The van der Waals surface area contributed by atoms with E-state index in [1.54, 1.807) is 6.07 Å². The third-order valence-corrected chi connectivity index (χ3v) is 3.86. The van der Waals surface area contributed by atoms with Gasteiger partial charge in [-0.3, -0.25) is 4.90 Å². The van der Waals surface area contributed by atoms with Crippen molar-refractivity contribution in [1.82, 2.24) is 4.90 Å². The zero-order chi connectivity index (χ0) is 12.3. The highest BCUT2D eigenvalue weighted by atomic mass is 35.5. The van der Waals surface area contributed by atoms with E-state index in [1.165, 1.54) is 0 Å². The molecule has 1 aromatic carbocycles. The van der Waals surface area contributed by atoms with Crippen LogP contribution in [0.4, 0.5) is 0 Å². The van der Waals surface area contributed by atoms with Crippen LogP contribution in [0.15, 0.2) is 18.2 Å². The summed E-state index contributed by atoms with van der Waals surface area (Å²) in [6.07, 6.45) is 0. The van der Waals surface area contributed by atoms with E-state index < -0.39 is 0 Å². The number of rotatable bonds is 3. The monoisotopic (exact) mass is 293 g/mol. The van der Waals surface area contributed by atoms with Crippen LogP contribution < -0.4 is 0 Å². The summed E-state index contributed by atoms with van der Waals surface area (Å²) < 4.78 is 5.41. The topological polar surface area (TPSA) is 12.5 Å². The van der Waals surface area contributed by atoms with Gasteiger partial charge in [0, 0.05) is 35.1 Å². The molecule has 0 spiro atoms. The average molecular weight is 295 g/mol. The summed E-state index contributed by atoms with van der Waals surface area (Å²) in [7, 11) is 0. The lowest BCUT2D eigenvalue weighted by Crippen LogP contribution is -2.45. The summed E-state index contributed by atoms with van der Waals surface area (Å²) in [5, 5.41) is 1.37. The molecule has 0 N–H and O–H groups in total. The zero-order valence-electron chi connectivity index (χ0n) is 9.33. The number of halogens is 3. The van der Waals surface area contributed by atoms with Crippen molar-refractivity contribution in [1.29, 1.82) is 0 Å². The first kappa shape index (κ1) is 13.4. The van der Waals surface area contributed by atoms with Gasteiger partial charge in [-0.25, -0.2) is 0 Å². The van der Waals surface area contributed by atoms with Gasteiger partial charge < -0.3 is 4.74 Å². The van der Waals surface area contributed by atoms with Crippen molar-refractivity contribution in [3.8, 4) is 0 Å². The Balaban J connectivity index is 2.08. The Morgan fingerprint density at radius 3 is 2.88 bits per heavy atom. The Labute approximate surface area is 116 Å². The van der Waals surface area contributed by atoms with Crippen molar-refractivity contribution in [2.75, 3.05) is 25.6 Å². The number of benzene rings is 1. The van der Waals surface area contributed by atoms with Crippen LogP contribution in [0.5, 0.6) is 0 Å². The molecule has 0 saturated carbocycles. The lowest BCUT2D eigenvalue weighted by molar-refractivity contribution is -0.00302.